The minimum absolute atomic E-state index is 0.747. The predicted octanol–water partition coefficient (Wildman–Crippen LogP) is 1.89. The van der Waals surface area contributed by atoms with Crippen LogP contribution >= 0.6 is 0 Å². The number of nitrogens with zero attached hydrogens (tertiary/aromatic N) is 4. The van der Waals surface area contributed by atoms with Gasteiger partial charge in [-0.1, -0.05) is 0 Å². The highest BCUT2D eigenvalue weighted by atomic mass is 16.5. The first kappa shape index (κ1) is 18.0. The van der Waals surface area contributed by atoms with E-state index in [4.69, 9.17) is 19.2 Å². The highest BCUT2D eigenvalue weighted by molar-refractivity contribution is 5.40. The van der Waals surface area contributed by atoms with E-state index in [2.05, 4.69) is 14.8 Å². The highest BCUT2D eigenvalue weighted by Gasteiger charge is 2.22. The summed E-state index contributed by atoms with van der Waals surface area (Å²) in [4.78, 5) is 14.0. The number of fused-ring (bicyclic) bond motifs is 1. The van der Waals surface area contributed by atoms with Crippen LogP contribution in [-0.2, 0) is 24.2 Å². The molecule has 27 heavy (non-hydrogen) atoms. The maximum atomic E-state index is 5.52. The largest absolute Gasteiger partial charge is 0.497 e. The zero-order valence-electron chi connectivity index (χ0n) is 16.0. The molecule has 0 N–H and O–H groups in total. The number of hydrogen-bond donors (Lipinski definition) is 0. The van der Waals surface area contributed by atoms with E-state index >= 15 is 0 Å². The molecule has 0 saturated carbocycles. The molecular formula is C20H26N4O3. The Labute approximate surface area is 159 Å². The molecule has 1 saturated heterocycles. The van der Waals surface area contributed by atoms with Crippen LogP contribution in [-0.4, -0.2) is 61.9 Å². The third-order valence-electron chi connectivity index (χ3n) is 5.18. The number of morpholine rings is 1. The second kappa shape index (κ2) is 8.10. The zero-order valence-corrected chi connectivity index (χ0v) is 16.0. The van der Waals surface area contributed by atoms with Crippen LogP contribution in [0.1, 0.15) is 16.8 Å². The minimum Gasteiger partial charge on any atom is -0.497 e. The van der Waals surface area contributed by atoms with Crippen molar-refractivity contribution in [1.82, 2.24) is 14.9 Å². The number of benzene rings is 1. The number of ether oxygens (including phenoxy) is 3. The lowest BCUT2D eigenvalue weighted by Crippen LogP contribution is -2.38. The van der Waals surface area contributed by atoms with Gasteiger partial charge in [-0.05, 0) is 18.2 Å². The number of aromatic nitrogens is 2. The Morgan fingerprint density at radius 1 is 1.11 bits per heavy atom. The summed E-state index contributed by atoms with van der Waals surface area (Å²) in [7, 11) is 3.39. The van der Waals surface area contributed by atoms with Gasteiger partial charge >= 0.3 is 0 Å². The summed E-state index contributed by atoms with van der Waals surface area (Å²) < 4.78 is 16.3. The van der Waals surface area contributed by atoms with Crippen molar-refractivity contribution in [2.24, 2.45) is 0 Å². The molecule has 1 aromatic carbocycles. The van der Waals surface area contributed by atoms with Crippen molar-refractivity contribution in [3.05, 3.63) is 41.2 Å². The van der Waals surface area contributed by atoms with Gasteiger partial charge in [-0.2, -0.15) is 0 Å². The Balaban J connectivity index is 1.47. The van der Waals surface area contributed by atoms with Crippen molar-refractivity contribution in [2.45, 2.75) is 19.5 Å². The Hall–Kier alpha value is -2.38. The third-order valence-corrected chi connectivity index (χ3v) is 5.18. The maximum Gasteiger partial charge on any atom is 0.225 e. The molecule has 0 bridgehead atoms. The Morgan fingerprint density at radius 2 is 1.96 bits per heavy atom. The molecule has 0 unspecified atom stereocenters. The molecule has 1 fully saturated rings. The van der Waals surface area contributed by atoms with Crippen LogP contribution in [0, 0.1) is 0 Å². The fraction of sp³-hybridized carbons (Fsp3) is 0.500. The molecule has 4 rings (SSSR count). The van der Waals surface area contributed by atoms with Gasteiger partial charge in [0.05, 0.1) is 33.1 Å². The molecule has 0 radical (unpaired) electrons. The quantitative estimate of drug-likeness (QED) is 0.796. The van der Waals surface area contributed by atoms with Gasteiger partial charge in [-0.25, -0.2) is 9.97 Å². The van der Waals surface area contributed by atoms with Crippen LogP contribution in [0.2, 0.25) is 0 Å². The van der Waals surface area contributed by atoms with Gasteiger partial charge in [0.15, 0.2) is 0 Å². The molecule has 0 aliphatic carbocycles. The van der Waals surface area contributed by atoms with Gasteiger partial charge in [0, 0.05) is 56.5 Å². The summed E-state index contributed by atoms with van der Waals surface area (Å²) in [5.74, 6) is 2.57. The molecule has 7 heteroatoms. The molecule has 144 valence electrons. The number of methoxy groups -OCH3 is 2. The normalized spacial score (nSPS) is 17.5. The third kappa shape index (κ3) is 3.99. The van der Waals surface area contributed by atoms with Crippen LogP contribution in [0.25, 0.3) is 0 Å². The Morgan fingerprint density at radius 3 is 2.74 bits per heavy atom. The average Bonchev–Trinajstić information content (AvgIpc) is 2.74. The molecule has 2 aliphatic heterocycles. The average molecular weight is 370 g/mol. The lowest BCUT2D eigenvalue weighted by Gasteiger charge is -2.31. The van der Waals surface area contributed by atoms with E-state index in [0.29, 0.717) is 0 Å². The summed E-state index contributed by atoms with van der Waals surface area (Å²) in [5, 5.41) is 0. The van der Waals surface area contributed by atoms with Gasteiger partial charge in [0.1, 0.15) is 11.5 Å². The first-order chi connectivity index (χ1) is 13.3. The van der Waals surface area contributed by atoms with E-state index in [9.17, 15) is 0 Å². The molecule has 2 aromatic rings. The summed E-state index contributed by atoms with van der Waals surface area (Å²) in [6.45, 7) is 5.84. The summed E-state index contributed by atoms with van der Waals surface area (Å²) >= 11 is 0. The van der Waals surface area contributed by atoms with Crippen LogP contribution in [0.4, 0.5) is 5.95 Å². The topological polar surface area (TPSA) is 60.0 Å². The van der Waals surface area contributed by atoms with Crippen LogP contribution in [0.15, 0.2) is 24.4 Å². The summed E-state index contributed by atoms with van der Waals surface area (Å²) in [6, 6.07) is 5.94. The second-order valence-electron chi connectivity index (χ2n) is 6.88. The highest BCUT2D eigenvalue weighted by Crippen LogP contribution is 2.27. The van der Waals surface area contributed by atoms with Crippen LogP contribution in [0.5, 0.6) is 11.5 Å². The lowest BCUT2D eigenvalue weighted by molar-refractivity contribution is 0.122. The van der Waals surface area contributed by atoms with Crippen LogP contribution < -0.4 is 14.4 Å². The van der Waals surface area contributed by atoms with E-state index < -0.39 is 0 Å². The van der Waals surface area contributed by atoms with E-state index in [-0.39, 0.29) is 0 Å². The first-order valence-corrected chi connectivity index (χ1v) is 9.37. The lowest BCUT2D eigenvalue weighted by atomic mass is 10.1. The first-order valence-electron chi connectivity index (χ1n) is 9.37. The van der Waals surface area contributed by atoms with Gasteiger partial charge in [0.2, 0.25) is 5.95 Å². The number of hydrogen-bond acceptors (Lipinski definition) is 7. The molecule has 1 aromatic heterocycles. The molecule has 7 nitrogen and oxygen atoms in total. The van der Waals surface area contributed by atoms with Crippen LogP contribution in [0.3, 0.4) is 0 Å². The second-order valence-corrected chi connectivity index (χ2v) is 6.88. The van der Waals surface area contributed by atoms with Crippen molar-refractivity contribution in [1.29, 1.82) is 0 Å². The monoisotopic (exact) mass is 370 g/mol. The van der Waals surface area contributed by atoms with Gasteiger partial charge < -0.3 is 19.1 Å². The van der Waals surface area contributed by atoms with Crippen molar-refractivity contribution in [2.75, 3.05) is 52.0 Å². The van der Waals surface area contributed by atoms with Crippen molar-refractivity contribution < 1.29 is 14.2 Å². The number of anilines is 1. The predicted molar refractivity (Wildman–Crippen MR) is 102 cm³/mol. The summed E-state index contributed by atoms with van der Waals surface area (Å²) in [5.41, 5.74) is 3.51. The molecular weight excluding hydrogens is 344 g/mol. The van der Waals surface area contributed by atoms with Gasteiger partial charge in [-0.15, -0.1) is 0 Å². The van der Waals surface area contributed by atoms with E-state index in [1.54, 1.807) is 14.2 Å². The standard InChI is InChI=1S/C20H26N4O3/c1-25-17-3-4-19(26-2)15(11-17)13-23-6-5-18-16(14-23)12-21-20(22-18)24-7-9-27-10-8-24/h3-4,11-12H,5-10,13-14H2,1-2H3. The fourth-order valence-electron chi connectivity index (χ4n) is 3.66. The minimum atomic E-state index is 0.747. The van der Waals surface area contributed by atoms with E-state index in [1.165, 1.54) is 11.3 Å². The van der Waals surface area contributed by atoms with Gasteiger partial charge in [-0.3, -0.25) is 4.90 Å². The Bertz CT molecular complexity index is 793. The SMILES string of the molecule is COc1ccc(OC)c(CN2CCc3nc(N4CCOCC4)ncc3C2)c1. The summed E-state index contributed by atoms with van der Waals surface area (Å²) in [6.07, 6.45) is 2.92. The van der Waals surface area contributed by atoms with Crippen molar-refractivity contribution >= 4 is 5.95 Å². The molecule has 0 atom stereocenters. The number of rotatable bonds is 5. The van der Waals surface area contributed by atoms with E-state index in [1.807, 2.05) is 24.4 Å². The fourth-order valence-corrected chi connectivity index (χ4v) is 3.66. The molecule has 0 spiro atoms. The molecule has 2 aliphatic rings. The zero-order chi connectivity index (χ0) is 18.6. The van der Waals surface area contributed by atoms with Crippen molar-refractivity contribution in [3.63, 3.8) is 0 Å². The molecule has 3 heterocycles. The maximum absolute atomic E-state index is 5.52. The smallest absolute Gasteiger partial charge is 0.225 e. The van der Waals surface area contributed by atoms with E-state index in [0.717, 1.165) is 75.4 Å². The van der Waals surface area contributed by atoms with Gasteiger partial charge in [0.25, 0.3) is 0 Å². The Kier molecular flexibility index (Phi) is 5.40. The molecule has 0 amide bonds. The van der Waals surface area contributed by atoms with Crippen molar-refractivity contribution in [3.8, 4) is 11.5 Å².